The Morgan fingerprint density at radius 2 is 1.89 bits per heavy atom. The Kier molecular flexibility index (Phi) is 5.16. The summed E-state index contributed by atoms with van der Waals surface area (Å²) in [7, 11) is 0. The second-order valence-electron chi connectivity index (χ2n) is 5.25. The molecule has 1 fully saturated rings. The van der Waals surface area contributed by atoms with Gasteiger partial charge < -0.3 is 10.6 Å². The van der Waals surface area contributed by atoms with E-state index in [9.17, 15) is 4.39 Å². The van der Waals surface area contributed by atoms with E-state index >= 15 is 0 Å². The molecule has 1 atom stereocenters. The Morgan fingerprint density at radius 3 is 2.47 bits per heavy atom. The molecule has 106 valence electrons. The van der Waals surface area contributed by atoms with Crippen molar-refractivity contribution >= 4 is 5.69 Å². The zero-order valence-corrected chi connectivity index (χ0v) is 11.7. The van der Waals surface area contributed by atoms with E-state index in [0.29, 0.717) is 5.92 Å². The zero-order chi connectivity index (χ0) is 13.7. The molecule has 2 N–H and O–H groups in total. The minimum Gasteiger partial charge on any atom is -0.367 e. The fraction of sp³-hybridized carbons (Fsp3) is 0.600. The first kappa shape index (κ1) is 14.3. The normalized spacial score (nSPS) is 18.6. The van der Waals surface area contributed by atoms with Crippen LogP contribution in [-0.4, -0.2) is 44.2 Å². The molecule has 0 aliphatic carbocycles. The Labute approximate surface area is 115 Å². The molecule has 4 heteroatoms. The minimum atomic E-state index is -0.121. The van der Waals surface area contributed by atoms with E-state index in [1.807, 2.05) is 12.1 Å². The van der Waals surface area contributed by atoms with Gasteiger partial charge in [0.1, 0.15) is 5.82 Å². The van der Waals surface area contributed by atoms with Gasteiger partial charge in [-0.1, -0.05) is 25.5 Å². The molecule has 0 spiro atoms. The molecular formula is C15H24FN3. The number of rotatable bonds is 5. The van der Waals surface area contributed by atoms with Crippen LogP contribution in [0.2, 0.25) is 0 Å². The first-order valence-electron chi connectivity index (χ1n) is 7.16. The minimum absolute atomic E-state index is 0.121. The summed E-state index contributed by atoms with van der Waals surface area (Å²) in [4.78, 5) is 4.58. The summed E-state index contributed by atoms with van der Waals surface area (Å²) in [5.41, 5.74) is 6.48. The van der Waals surface area contributed by atoms with Crippen molar-refractivity contribution in [3.05, 3.63) is 30.1 Å². The van der Waals surface area contributed by atoms with Crippen molar-refractivity contribution in [3.63, 3.8) is 0 Å². The first-order valence-corrected chi connectivity index (χ1v) is 7.16. The molecule has 1 aromatic rings. The van der Waals surface area contributed by atoms with E-state index in [0.717, 1.165) is 51.4 Å². The van der Waals surface area contributed by atoms with E-state index < -0.39 is 0 Å². The van der Waals surface area contributed by atoms with Crippen LogP contribution in [-0.2, 0) is 0 Å². The van der Waals surface area contributed by atoms with Gasteiger partial charge in [-0.15, -0.1) is 0 Å². The van der Waals surface area contributed by atoms with Crippen molar-refractivity contribution in [2.45, 2.75) is 13.3 Å². The molecule has 0 saturated carbocycles. The second-order valence-corrected chi connectivity index (χ2v) is 5.25. The van der Waals surface area contributed by atoms with E-state index in [1.165, 1.54) is 6.07 Å². The van der Waals surface area contributed by atoms with Crippen LogP contribution in [0.3, 0.4) is 0 Å². The maximum absolute atomic E-state index is 13.7. The van der Waals surface area contributed by atoms with Crippen LogP contribution in [0, 0.1) is 11.7 Å². The standard InChI is InChI=1S/C15H24FN3/c1-2-13(11-17)12-18-7-9-19(10-8-18)15-6-4-3-5-14(15)16/h3-6,13H,2,7-12,17H2,1H3. The van der Waals surface area contributed by atoms with Gasteiger partial charge in [-0.05, 0) is 24.6 Å². The largest absolute Gasteiger partial charge is 0.367 e. The summed E-state index contributed by atoms with van der Waals surface area (Å²) in [5, 5.41) is 0. The zero-order valence-electron chi connectivity index (χ0n) is 11.7. The van der Waals surface area contributed by atoms with Gasteiger partial charge in [0.2, 0.25) is 0 Å². The van der Waals surface area contributed by atoms with Gasteiger partial charge in [-0.3, -0.25) is 4.90 Å². The third-order valence-electron chi connectivity index (χ3n) is 3.99. The third-order valence-corrected chi connectivity index (χ3v) is 3.99. The molecule has 0 aromatic heterocycles. The SMILES string of the molecule is CCC(CN)CN1CCN(c2ccccc2F)CC1. The predicted octanol–water partition coefficient (Wildman–Crippen LogP) is 1.93. The molecule has 0 radical (unpaired) electrons. The van der Waals surface area contributed by atoms with Crippen molar-refractivity contribution in [1.29, 1.82) is 0 Å². The molecule has 0 amide bonds. The summed E-state index contributed by atoms with van der Waals surface area (Å²) < 4.78 is 13.7. The molecule has 1 aliphatic heterocycles. The van der Waals surface area contributed by atoms with Crippen LogP contribution in [0.25, 0.3) is 0 Å². The van der Waals surface area contributed by atoms with Gasteiger partial charge in [0.15, 0.2) is 0 Å². The monoisotopic (exact) mass is 265 g/mol. The highest BCUT2D eigenvalue weighted by Gasteiger charge is 2.20. The molecule has 1 unspecified atom stereocenters. The Morgan fingerprint density at radius 1 is 1.21 bits per heavy atom. The van der Waals surface area contributed by atoms with Crippen molar-refractivity contribution in [2.24, 2.45) is 11.7 Å². The third kappa shape index (κ3) is 3.67. The van der Waals surface area contributed by atoms with Crippen LogP contribution in [0.15, 0.2) is 24.3 Å². The van der Waals surface area contributed by atoms with Crippen molar-refractivity contribution in [3.8, 4) is 0 Å². The highest BCUT2D eigenvalue weighted by molar-refractivity contribution is 5.47. The molecule has 3 nitrogen and oxygen atoms in total. The van der Waals surface area contributed by atoms with Crippen LogP contribution in [0.4, 0.5) is 10.1 Å². The maximum Gasteiger partial charge on any atom is 0.146 e. The van der Waals surface area contributed by atoms with Crippen LogP contribution in [0.5, 0.6) is 0 Å². The van der Waals surface area contributed by atoms with Gasteiger partial charge in [0.05, 0.1) is 5.69 Å². The number of benzene rings is 1. The lowest BCUT2D eigenvalue weighted by Gasteiger charge is -2.37. The predicted molar refractivity (Wildman–Crippen MR) is 77.9 cm³/mol. The van der Waals surface area contributed by atoms with E-state index in [4.69, 9.17) is 5.73 Å². The lowest BCUT2D eigenvalue weighted by Crippen LogP contribution is -2.48. The van der Waals surface area contributed by atoms with Gasteiger partial charge in [0.25, 0.3) is 0 Å². The van der Waals surface area contributed by atoms with Crippen molar-refractivity contribution in [1.82, 2.24) is 4.90 Å². The summed E-state index contributed by atoms with van der Waals surface area (Å²) in [6.45, 7) is 7.77. The highest BCUT2D eigenvalue weighted by Crippen LogP contribution is 2.20. The topological polar surface area (TPSA) is 32.5 Å². The second kappa shape index (κ2) is 6.87. The fourth-order valence-electron chi connectivity index (χ4n) is 2.61. The number of para-hydroxylation sites is 1. The summed E-state index contributed by atoms with van der Waals surface area (Å²) in [6, 6.07) is 7.03. The van der Waals surface area contributed by atoms with Crippen molar-refractivity contribution < 1.29 is 4.39 Å². The quantitative estimate of drug-likeness (QED) is 0.883. The van der Waals surface area contributed by atoms with E-state index in [1.54, 1.807) is 6.07 Å². The van der Waals surface area contributed by atoms with Gasteiger partial charge in [0, 0.05) is 32.7 Å². The van der Waals surface area contributed by atoms with Crippen LogP contribution < -0.4 is 10.6 Å². The summed E-state index contributed by atoms with van der Waals surface area (Å²) in [5.74, 6) is 0.462. The smallest absolute Gasteiger partial charge is 0.146 e. The number of hydrogen-bond acceptors (Lipinski definition) is 3. The molecule has 1 aliphatic rings. The molecule has 19 heavy (non-hydrogen) atoms. The number of anilines is 1. The van der Waals surface area contributed by atoms with E-state index in [-0.39, 0.29) is 5.82 Å². The Balaban J connectivity index is 1.87. The lowest BCUT2D eigenvalue weighted by atomic mass is 10.1. The average Bonchev–Trinajstić information content (AvgIpc) is 2.46. The number of halogens is 1. The molecule has 0 bridgehead atoms. The number of hydrogen-bond donors (Lipinski definition) is 1. The lowest BCUT2D eigenvalue weighted by molar-refractivity contribution is 0.217. The maximum atomic E-state index is 13.7. The fourth-order valence-corrected chi connectivity index (χ4v) is 2.61. The van der Waals surface area contributed by atoms with Gasteiger partial charge in [-0.25, -0.2) is 4.39 Å². The number of nitrogens with two attached hydrogens (primary N) is 1. The van der Waals surface area contributed by atoms with Crippen LogP contribution >= 0.6 is 0 Å². The molecule has 1 heterocycles. The summed E-state index contributed by atoms with van der Waals surface area (Å²) >= 11 is 0. The molecule has 1 saturated heterocycles. The Hall–Kier alpha value is -1.13. The number of piperazine rings is 1. The van der Waals surface area contributed by atoms with Crippen molar-refractivity contribution in [2.75, 3.05) is 44.2 Å². The number of nitrogens with zero attached hydrogens (tertiary/aromatic N) is 2. The van der Waals surface area contributed by atoms with E-state index in [2.05, 4.69) is 16.7 Å². The first-order chi connectivity index (χ1) is 9.24. The molecule has 1 aromatic carbocycles. The molecule has 2 rings (SSSR count). The van der Waals surface area contributed by atoms with Gasteiger partial charge >= 0.3 is 0 Å². The summed E-state index contributed by atoms with van der Waals surface area (Å²) in [6.07, 6.45) is 1.13. The molecular weight excluding hydrogens is 241 g/mol. The van der Waals surface area contributed by atoms with Gasteiger partial charge in [-0.2, -0.15) is 0 Å². The highest BCUT2D eigenvalue weighted by atomic mass is 19.1. The van der Waals surface area contributed by atoms with Crippen LogP contribution in [0.1, 0.15) is 13.3 Å². The average molecular weight is 265 g/mol. The Bertz CT molecular complexity index is 385.